The van der Waals surface area contributed by atoms with Crippen LogP contribution in [0.25, 0.3) is 0 Å². The van der Waals surface area contributed by atoms with Crippen molar-refractivity contribution in [2.45, 2.75) is 40.4 Å². The van der Waals surface area contributed by atoms with Gasteiger partial charge < -0.3 is 0 Å². The number of hydrogen-bond acceptors (Lipinski definition) is 0. The standard InChI is InChI=1S/C12H20Si/c1-9-7-10(2)12(11(3)8-9)13(4,5)6/h7-8H,1-6H3. The van der Waals surface area contributed by atoms with E-state index in [0.717, 1.165) is 0 Å². The van der Waals surface area contributed by atoms with Crippen LogP contribution in [0.2, 0.25) is 19.6 Å². The normalized spacial score (nSPS) is 11.8. The van der Waals surface area contributed by atoms with Crippen LogP contribution in [0.5, 0.6) is 0 Å². The summed E-state index contributed by atoms with van der Waals surface area (Å²) in [5, 5.41) is 1.64. The molecule has 0 bridgehead atoms. The topological polar surface area (TPSA) is 0 Å². The third-order valence-corrected chi connectivity index (χ3v) is 4.72. The minimum absolute atomic E-state index is 1.15. The maximum absolute atomic E-state index is 2.41. The molecule has 0 aliphatic heterocycles. The van der Waals surface area contributed by atoms with Crippen LogP contribution in [0.3, 0.4) is 0 Å². The van der Waals surface area contributed by atoms with Crippen LogP contribution >= 0.6 is 0 Å². The molecule has 0 spiro atoms. The van der Waals surface area contributed by atoms with E-state index in [-0.39, 0.29) is 0 Å². The van der Waals surface area contributed by atoms with Gasteiger partial charge in [0.15, 0.2) is 0 Å². The molecule has 1 heteroatoms. The van der Waals surface area contributed by atoms with Gasteiger partial charge >= 0.3 is 0 Å². The highest BCUT2D eigenvalue weighted by molar-refractivity contribution is 6.89. The highest BCUT2D eigenvalue weighted by Crippen LogP contribution is 2.12. The number of aryl methyl sites for hydroxylation is 3. The van der Waals surface area contributed by atoms with E-state index in [4.69, 9.17) is 0 Å². The first-order chi connectivity index (χ1) is 5.82. The largest absolute Gasteiger partial charge is 0.0782 e. The Hall–Kier alpha value is -0.563. The lowest BCUT2D eigenvalue weighted by Crippen LogP contribution is -2.41. The molecule has 0 unspecified atom stereocenters. The predicted molar refractivity (Wildman–Crippen MR) is 63.6 cm³/mol. The van der Waals surface area contributed by atoms with Gasteiger partial charge in [0.05, 0.1) is 8.07 Å². The second kappa shape index (κ2) is 3.30. The summed E-state index contributed by atoms with van der Waals surface area (Å²) in [5.74, 6) is 0. The molecule has 1 aromatic carbocycles. The Morgan fingerprint density at radius 3 is 1.54 bits per heavy atom. The first kappa shape index (κ1) is 10.5. The maximum atomic E-state index is 2.41. The highest BCUT2D eigenvalue weighted by Gasteiger charge is 2.20. The van der Waals surface area contributed by atoms with Gasteiger partial charge in [0.2, 0.25) is 0 Å². The summed E-state index contributed by atoms with van der Waals surface area (Å²) in [5.41, 5.74) is 4.35. The van der Waals surface area contributed by atoms with Crippen LogP contribution in [0.4, 0.5) is 0 Å². The minimum atomic E-state index is -1.15. The van der Waals surface area contributed by atoms with Crippen LogP contribution in [-0.2, 0) is 0 Å². The van der Waals surface area contributed by atoms with Crippen molar-refractivity contribution in [2.75, 3.05) is 0 Å². The average molecular weight is 192 g/mol. The summed E-state index contributed by atoms with van der Waals surface area (Å²) in [6.07, 6.45) is 0. The summed E-state index contributed by atoms with van der Waals surface area (Å²) in [4.78, 5) is 0. The number of hydrogen-bond donors (Lipinski definition) is 0. The molecule has 1 aromatic rings. The SMILES string of the molecule is Cc1cc(C)c([Si](C)(C)C)c(C)c1. The average Bonchev–Trinajstić information content (AvgIpc) is 1.78. The monoisotopic (exact) mass is 192 g/mol. The zero-order valence-electron chi connectivity index (χ0n) is 9.65. The van der Waals surface area contributed by atoms with Gasteiger partial charge in [-0.15, -0.1) is 0 Å². The van der Waals surface area contributed by atoms with Crippen molar-refractivity contribution in [1.82, 2.24) is 0 Å². The van der Waals surface area contributed by atoms with Crippen molar-refractivity contribution in [3.05, 3.63) is 28.8 Å². The molecule has 13 heavy (non-hydrogen) atoms. The van der Waals surface area contributed by atoms with E-state index in [1.165, 1.54) is 16.7 Å². The van der Waals surface area contributed by atoms with E-state index in [1.807, 2.05) is 0 Å². The summed E-state index contributed by atoms with van der Waals surface area (Å²) in [6, 6.07) is 4.61. The van der Waals surface area contributed by atoms with Crippen molar-refractivity contribution >= 4 is 13.3 Å². The van der Waals surface area contributed by atoms with Gasteiger partial charge in [-0.1, -0.05) is 53.7 Å². The second-order valence-electron chi connectivity index (χ2n) is 5.02. The van der Waals surface area contributed by atoms with Crippen molar-refractivity contribution in [3.8, 4) is 0 Å². The molecule has 0 aliphatic rings. The molecule has 0 radical (unpaired) electrons. The van der Waals surface area contributed by atoms with Crippen LogP contribution in [-0.4, -0.2) is 8.07 Å². The lowest BCUT2D eigenvalue weighted by molar-refractivity contribution is 1.34. The van der Waals surface area contributed by atoms with Gasteiger partial charge in [0, 0.05) is 0 Å². The van der Waals surface area contributed by atoms with Gasteiger partial charge in [-0.3, -0.25) is 0 Å². The van der Waals surface area contributed by atoms with Crippen molar-refractivity contribution in [2.24, 2.45) is 0 Å². The zero-order valence-corrected chi connectivity index (χ0v) is 10.7. The summed E-state index contributed by atoms with van der Waals surface area (Å²) in [6.45, 7) is 13.9. The van der Waals surface area contributed by atoms with Crippen LogP contribution in [0.15, 0.2) is 12.1 Å². The zero-order chi connectivity index (χ0) is 10.2. The van der Waals surface area contributed by atoms with Gasteiger partial charge in [-0.25, -0.2) is 0 Å². The Kier molecular flexibility index (Phi) is 2.67. The van der Waals surface area contributed by atoms with E-state index < -0.39 is 8.07 Å². The first-order valence-electron chi connectivity index (χ1n) is 4.90. The van der Waals surface area contributed by atoms with Crippen molar-refractivity contribution < 1.29 is 0 Å². The minimum Gasteiger partial charge on any atom is -0.0656 e. The fourth-order valence-electron chi connectivity index (χ4n) is 2.36. The number of benzene rings is 1. The number of rotatable bonds is 1. The Bertz CT molecular complexity index is 295. The molecule has 0 nitrogen and oxygen atoms in total. The highest BCUT2D eigenvalue weighted by atomic mass is 28.3. The van der Waals surface area contributed by atoms with Gasteiger partial charge in [-0.05, 0) is 20.8 Å². The quantitative estimate of drug-likeness (QED) is 0.600. The van der Waals surface area contributed by atoms with Crippen LogP contribution < -0.4 is 5.19 Å². The van der Waals surface area contributed by atoms with Crippen LogP contribution in [0, 0.1) is 20.8 Å². The van der Waals surface area contributed by atoms with Crippen LogP contribution in [0.1, 0.15) is 16.7 Å². The van der Waals surface area contributed by atoms with E-state index in [1.54, 1.807) is 5.19 Å². The van der Waals surface area contributed by atoms with E-state index in [2.05, 4.69) is 52.5 Å². The molecule has 72 valence electrons. The Morgan fingerprint density at radius 1 is 0.846 bits per heavy atom. The molecular formula is C12H20Si. The summed E-state index contributed by atoms with van der Waals surface area (Å²) in [7, 11) is -1.15. The van der Waals surface area contributed by atoms with Crippen molar-refractivity contribution in [1.29, 1.82) is 0 Å². The van der Waals surface area contributed by atoms with E-state index >= 15 is 0 Å². The molecule has 0 aromatic heterocycles. The predicted octanol–water partition coefficient (Wildman–Crippen LogP) is 3.16. The lowest BCUT2D eigenvalue weighted by atomic mass is 10.1. The summed E-state index contributed by atoms with van der Waals surface area (Å²) >= 11 is 0. The molecule has 0 saturated heterocycles. The molecule has 0 N–H and O–H groups in total. The molecule has 1 rings (SSSR count). The van der Waals surface area contributed by atoms with E-state index in [0.29, 0.717) is 0 Å². The lowest BCUT2D eigenvalue weighted by Gasteiger charge is -2.22. The molecule has 0 amide bonds. The first-order valence-corrected chi connectivity index (χ1v) is 8.40. The molecule has 0 saturated carbocycles. The Morgan fingerprint density at radius 2 is 1.23 bits per heavy atom. The molecule has 0 aliphatic carbocycles. The molecule has 0 atom stereocenters. The summed E-state index contributed by atoms with van der Waals surface area (Å²) < 4.78 is 0. The smallest absolute Gasteiger partial charge is 0.0656 e. The van der Waals surface area contributed by atoms with Crippen molar-refractivity contribution in [3.63, 3.8) is 0 Å². The third-order valence-electron chi connectivity index (χ3n) is 2.43. The van der Waals surface area contributed by atoms with Gasteiger partial charge in [0.25, 0.3) is 0 Å². The molecule has 0 fully saturated rings. The maximum Gasteiger partial charge on any atom is 0.0782 e. The van der Waals surface area contributed by atoms with Gasteiger partial charge in [0.1, 0.15) is 0 Å². The Labute approximate surface area is 83.0 Å². The Balaban J connectivity index is 3.38. The van der Waals surface area contributed by atoms with E-state index in [9.17, 15) is 0 Å². The third kappa shape index (κ3) is 2.22. The van der Waals surface area contributed by atoms with Gasteiger partial charge in [-0.2, -0.15) is 0 Å². The fourth-order valence-corrected chi connectivity index (χ4v) is 4.87. The molecular weight excluding hydrogens is 172 g/mol. The second-order valence-corrected chi connectivity index (χ2v) is 10.0. The fraction of sp³-hybridized carbons (Fsp3) is 0.500. The molecule has 0 heterocycles.